The molecule has 1 aliphatic carbocycles. The highest BCUT2D eigenvalue weighted by Gasteiger charge is 2.48. The molecule has 0 aromatic carbocycles. The van der Waals surface area contributed by atoms with E-state index in [1.165, 1.54) is 24.2 Å². The molecule has 1 saturated carbocycles. The summed E-state index contributed by atoms with van der Waals surface area (Å²) in [6, 6.07) is 0. The molecule has 1 aromatic rings. The number of esters is 1. The average Bonchev–Trinajstić information content (AvgIpc) is 3.11. The van der Waals surface area contributed by atoms with Crippen molar-refractivity contribution >= 4 is 38.4 Å². The van der Waals surface area contributed by atoms with E-state index in [2.05, 4.69) is 38.0 Å². The van der Waals surface area contributed by atoms with E-state index in [0.29, 0.717) is 30.6 Å². The molecule has 4 unspecified atom stereocenters. The second kappa shape index (κ2) is 9.23. The van der Waals surface area contributed by atoms with Crippen molar-refractivity contribution in [3.63, 3.8) is 0 Å². The molecule has 2 aliphatic heterocycles. The van der Waals surface area contributed by atoms with Crippen LogP contribution in [0.15, 0.2) is 0 Å². The maximum absolute atomic E-state index is 13.9. The Balaban J connectivity index is 1.46. The van der Waals surface area contributed by atoms with E-state index in [1.807, 2.05) is 0 Å². The quantitative estimate of drug-likeness (QED) is 0.173. The minimum Gasteiger partial charge on any atom is -0.622 e. The molecule has 162 valence electrons. The number of rotatable bonds is 9. The lowest BCUT2D eigenvalue weighted by Gasteiger charge is -2.38. The van der Waals surface area contributed by atoms with Gasteiger partial charge in [-0.05, 0) is 37.0 Å². The van der Waals surface area contributed by atoms with Gasteiger partial charge < -0.3 is 14.7 Å². The summed E-state index contributed by atoms with van der Waals surface area (Å²) >= 11 is 4.85. The molecule has 0 spiro atoms. The number of hydroxylamine groups is 2. The third-order valence-electron chi connectivity index (χ3n) is 5.76. The van der Waals surface area contributed by atoms with Crippen molar-refractivity contribution in [2.75, 3.05) is 26.4 Å². The van der Waals surface area contributed by atoms with Gasteiger partial charge in [0.1, 0.15) is 11.7 Å². The van der Waals surface area contributed by atoms with Crippen molar-refractivity contribution in [3.05, 3.63) is 10.2 Å². The first kappa shape index (κ1) is 21.6. The summed E-state index contributed by atoms with van der Waals surface area (Å²) in [6.07, 6.45) is 5.90. The van der Waals surface area contributed by atoms with Crippen molar-refractivity contribution in [2.24, 2.45) is 0 Å². The molecule has 2 saturated heterocycles. The number of nitrogens with zero attached hydrogens (tertiary/aromatic N) is 4. The molecule has 4 atom stereocenters. The fraction of sp³-hybridized carbons (Fsp3) is 0.842. The van der Waals surface area contributed by atoms with E-state index in [-0.39, 0.29) is 11.5 Å². The van der Waals surface area contributed by atoms with E-state index in [0.717, 1.165) is 37.2 Å². The SMILES string of the molecule is CCCCCCN1CC(OC(=O)C2CC(Br)CO2)[N+]([O-])(c2nnc(C3CC3)s2)C1. The molecule has 3 heterocycles. The monoisotopic (exact) mass is 488 g/mol. The molecule has 0 N–H and O–H groups in total. The Morgan fingerprint density at radius 2 is 2.21 bits per heavy atom. The van der Waals surface area contributed by atoms with Crippen LogP contribution in [0.5, 0.6) is 0 Å². The normalized spacial score (nSPS) is 32.7. The van der Waals surface area contributed by atoms with Crippen LogP contribution in [0.4, 0.5) is 5.13 Å². The fourth-order valence-corrected chi connectivity index (χ4v) is 5.44. The van der Waals surface area contributed by atoms with Crippen LogP contribution in [0.3, 0.4) is 0 Å². The summed E-state index contributed by atoms with van der Waals surface area (Å²) in [6.45, 7) is 4.15. The summed E-state index contributed by atoms with van der Waals surface area (Å²) in [5.41, 5.74) is 0. The Morgan fingerprint density at radius 3 is 2.90 bits per heavy atom. The Kier molecular flexibility index (Phi) is 6.87. The number of ether oxygens (including phenoxy) is 2. The van der Waals surface area contributed by atoms with Gasteiger partial charge in [-0.15, -0.1) is 5.10 Å². The Hall–Kier alpha value is -0.650. The van der Waals surface area contributed by atoms with Crippen LogP contribution in [0.1, 0.15) is 62.8 Å². The molecule has 1 aromatic heterocycles. The van der Waals surface area contributed by atoms with Crippen molar-refractivity contribution < 1.29 is 14.3 Å². The predicted octanol–water partition coefficient (Wildman–Crippen LogP) is 3.50. The van der Waals surface area contributed by atoms with Gasteiger partial charge in [0.2, 0.25) is 0 Å². The van der Waals surface area contributed by atoms with Crippen LogP contribution in [0.25, 0.3) is 0 Å². The van der Waals surface area contributed by atoms with Gasteiger partial charge in [-0.1, -0.05) is 47.2 Å². The highest BCUT2D eigenvalue weighted by atomic mass is 79.9. The lowest BCUT2D eigenvalue weighted by molar-refractivity contribution is -0.164. The number of hydrogen-bond acceptors (Lipinski definition) is 8. The third kappa shape index (κ3) is 4.99. The third-order valence-corrected chi connectivity index (χ3v) is 7.60. The molecule has 29 heavy (non-hydrogen) atoms. The largest absolute Gasteiger partial charge is 0.622 e. The Labute approximate surface area is 183 Å². The first-order valence-corrected chi connectivity index (χ1v) is 12.3. The predicted molar refractivity (Wildman–Crippen MR) is 115 cm³/mol. The van der Waals surface area contributed by atoms with Gasteiger partial charge in [0.25, 0.3) is 6.23 Å². The minimum atomic E-state index is -0.827. The number of aromatic nitrogens is 2. The fourth-order valence-electron chi connectivity index (χ4n) is 3.87. The topological polar surface area (TPSA) is 87.6 Å². The molecular weight excluding hydrogens is 460 g/mol. The Morgan fingerprint density at radius 1 is 1.38 bits per heavy atom. The number of quaternary nitrogens is 1. The van der Waals surface area contributed by atoms with Gasteiger partial charge in [0.05, 0.1) is 13.2 Å². The van der Waals surface area contributed by atoms with Gasteiger partial charge in [-0.3, -0.25) is 4.65 Å². The smallest absolute Gasteiger partial charge is 0.339 e. The second-order valence-corrected chi connectivity index (χ2v) is 10.6. The zero-order valence-electron chi connectivity index (χ0n) is 16.8. The van der Waals surface area contributed by atoms with E-state index in [9.17, 15) is 10.0 Å². The zero-order valence-corrected chi connectivity index (χ0v) is 19.2. The number of carbonyl (C=O) groups is 1. The highest BCUT2D eigenvalue weighted by Crippen LogP contribution is 2.44. The van der Waals surface area contributed by atoms with Crippen LogP contribution in [-0.4, -0.2) is 64.6 Å². The summed E-state index contributed by atoms with van der Waals surface area (Å²) in [5, 5.41) is 23.7. The van der Waals surface area contributed by atoms with Gasteiger partial charge in [-0.25, -0.2) is 9.69 Å². The van der Waals surface area contributed by atoms with E-state index in [1.54, 1.807) is 0 Å². The molecule has 3 fully saturated rings. The van der Waals surface area contributed by atoms with Crippen molar-refractivity contribution in [3.8, 4) is 0 Å². The molecule has 0 amide bonds. The number of alkyl halides is 1. The summed E-state index contributed by atoms with van der Waals surface area (Å²) in [4.78, 5) is 14.9. The first-order chi connectivity index (χ1) is 14.0. The van der Waals surface area contributed by atoms with Crippen LogP contribution < -0.4 is 4.65 Å². The van der Waals surface area contributed by atoms with Crippen molar-refractivity contribution in [2.45, 2.75) is 74.9 Å². The van der Waals surface area contributed by atoms with Gasteiger partial charge in [0, 0.05) is 17.3 Å². The number of hydrogen-bond donors (Lipinski definition) is 0. The van der Waals surface area contributed by atoms with Gasteiger partial charge >= 0.3 is 11.1 Å². The van der Waals surface area contributed by atoms with Crippen molar-refractivity contribution in [1.82, 2.24) is 19.7 Å². The van der Waals surface area contributed by atoms with Crippen LogP contribution in [0.2, 0.25) is 0 Å². The lowest BCUT2D eigenvalue weighted by atomic mass is 10.2. The van der Waals surface area contributed by atoms with Crippen LogP contribution in [-0.2, 0) is 14.3 Å². The lowest BCUT2D eigenvalue weighted by Crippen LogP contribution is -2.51. The summed E-state index contributed by atoms with van der Waals surface area (Å²) in [7, 11) is 0. The summed E-state index contributed by atoms with van der Waals surface area (Å²) in [5.74, 6) is -0.000540. The standard InChI is InChI=1S/C19H29BrN4O4S/c1-2-3-4-5-8-23-10-16(28-18(25)15-9-14(20)11-27-15)24(26,12-23)19-22-21-17(29-19)13-6-7-13/h13-16H,2-12H2,1H3. The Bertz CT molecular complexity index is 718. The molecule has 0 bridgehead atoms. The molecule has 4 rings (SSSR count). The van der Waals surface area contributed by atoms with Gasteiger partial charge in [-0.2, -0.15) is 0 Å². The molecule has 3 aliphatic rings. The molecule has 0 radical (unpaired) electrons. The van der Waals surface area contributed by atoms with Crippen LogP contribution >= 0.6 is 27.3 Å². The van der Waals surface area contributed by atoms with E-state index >= 15 is 0 Å². The minimum absolute atomic E-state index is 0.148. The van der Waals surface area contributed by atoms with Gasteiger partial charge in [0.15, 0.2) is 6.10 Å². The first-order valence-electron chi connectivity index (χ1n) is 10.6. The maximum Gasteiger partial charge on any atom is 0.339 e. The molecule has 8 nitrogen and oxygen atoms in total. The maximum atomic E-state index is 13.9. The second-order valence-electron chi connectivity index (χ2n) is 8.32. The number of carbonyl (C=O) groups excluding carboxylic acids is 1. The van der Waals surface area contributed by atoms with Crippen molar-refractivity contribution in [1.29, 1.82) is 0 Å². The van der Waals surface area contributed by atoms with Crippen LogP contribution in [0, 0.1) is 5.21 Å². The number of halogens is 1. The van der Waals surface area contributed by atoms with E-state index < -0.39 is 22.9 Å². The zero-order chi connectivity index (χ0) is 20.4. The summed E-state index contributed by atoms with van der Waals surface area (Å²) < 4.78 is 10.5. The average molecular weight is 489 g/mol. The molecular formula is C19H29BrN4O4S. The van der Waals surface area contributed by atoms with E-state index in [4.69, 9.17) is 9.47 Å². The highest BCUT2D eigenvalue weighted by molar-refractivity contribution is 9.09. The number of unbranched alkanes of at least 4 members (excludes halogenated alkanes) is 3. The molecule has 10 heteroatoms.